The molecular weight excluding hydrogens is 268 g/mol. The number of aliphatic hydroxyl groups excluding tert-OH is 1. The molecule has 108 valence electrons. The maximum atomic E-state index is 12.9. The number of rotatable bonds is 2. The lowest BCUT2D eigenvalue weighted by Crippen LogP contribution is -2.59. The van der Waals surface area contributed by atoms with Crippen LogP contribution in [-0.2, 0) is 5.41 Å². The minimum Gasteiger partial charge on any atom is -0.627 e. The number of ketones is 1. The SMILES string of the molecule is C[N+]1([O-])CC(CO)(c2ccccn2)C(=O)c2ccccc21. The number of hydrogen-bond donors (Lipinski definition) is 1. The van der Waals surface area contributed by atoms with Crippen molar-refractivity contribution in [2.24, 2.45) is 0 Å². The van der Waals surface area contributed by atoms with Crippen LogP contribution < -0.4 is 4.65 Å². The second kappa shape index (κ2) is 4.73. The van der Waals surface area contributed by atoms with E-state index in [4.69, 9.17) is 0 Å². The molecule has 0 bridgehead atoms. The van der Waals surface area contributed by atoms with Gasteiger partial charge in [0, 0.05) is 12.3 Å². The number of benzene rings is 1. The Labute approximate surface area is 122 Å². The van der Waals surface area contributed by atoms with Crippen molar-refractivity contribution < 1.29 is 9.90 Å². The summed E-state index contributed by atoms with van der Waals surface area (Å²) in [7, 11) is 1.50. The standard InChI is InChI=1S/C16H16N2O3/c1-18(21)10-16(11-19,14-8-4-5-9-17-14)15(20)12-6-2-3-7-13(12)18/h2-9,19H,10-11H2,1H3. The predicted octanol–water partition coefficient (Wildman–Crippen LogP) is 1.64. The number of para-hydroxylation sites is 1. The number of hydroxylamine groups is 2. The minimum atomic E-state index is -1.29. The van der Waals surface area contributed by atoms with Crippen LogP contribution in [0.4, 0.5) is 5.69 Å². The maximum Gasteiger partial charge on any atom is 0.189 e. The van der Waals surface area contributed by atoms with E-state index in [0.29, 0.717) is 16.9 Å². The van der Waals surface area contributed by atoms with Gasteiger partial charge in [-0.15, -0.1) is 0 Å². The molecule has 21 heavy (non-hydrogen) atoms. The van der Waals surface area contributed by atoms with Gasteiger partial charge in [0.25, 0.3) is 0 Å². The second-order valence-electron chi connectivity index (χ2n) is 5.56. The van der Waals surface area contributed by atoms with Crippen LogP contribution in [0.25, 0.3) is 0 Å². The lowest BCUT2D eigenvalue weighted by Gasteiger charge is -2.48. The molecule has 1 N–H and O–H groups in total. The van der Waals surface area contributed by atoms with Crippen molar-refractivity contribution in [2.45, 2.75) is 5.41 Å². The van der Waals surface area contributed by atoms with Crippen molar-refractivity contribution in [3.63, 3.8) is 0 Å². The topological polar surface area (TPSA) is 73.2 Å². The first-order valence-corrected chi connectivity index (χ1v) is 6.74. The molecule has 0 saturated heterocycles. The summed E-state index contributed by atoms with van der Waals surface area (Å²) < 4.78 is -0.709. The fraction of sp³-hybridized carbons (Fsp3) is 0.250. The lowest BCUT2D eigenvalue weighted by molar-refractivity contribution is 0.0723. The van der Waals surface area contributed by atoms with Crippen LogP contribution in [0, 0.1) is 5.21 Å². The van der Waals surface area contributed by atoms with E-state index in [0.717, 1.165) is 0 Å². The van der Waals surface area contributed by atoms with Gasteiger partial charge in [-0.3, -0.25) is 9.78 Å². The zero-order valence-corrected chi connectivity index (χ0v) is 11.7. The van der Waals surface area contributed by atoms with E-state index in [1.807, 2.05) is 0 Å². The third-order valence-electron chi connectivity index (χ3n) is 4.09. The highest BCUT2D eigenvalue weighted by Crippen LogP contribution is 2.40. The Morgan fingerprint density at radius 1 is 1.29 bits per heavy atom. The molecule has 1 aromatic heterocycles. The van der Waals surface area contributed by atoms with Crippen LogP contribution in [0.2, 0.25) is 0 Å². The fourth-order valence-electron chi connectivity index (χ4n) is 3.05. The van der Waals surface area contributed by atoms with Crippen molar-refractivity contribution in [2.75, 3.05) is 20.2 Å². The summed E-state index contributed by atoms with van der Waals surface area (Å²) >= 11 is 0. The second-order valence-corrected chi connectivity index (χ2v) is 5.56. The largest absolute Gasteiger partial charge is 0.627 e. The number of aliphatic hydroxyl groups is 1. The highest BCUT2D eigenvalue weighted by atomic mass is 16.5. The molecule has 1 aliphatic rings. The lowest BCUT2D eigenvalue weighted by atomic mass is 9.74. The van der Waals surface area contributed by atoms with Crippen LogP contribution in [0.3, 0.4) is 0 Å². The Kier molecular flexibility index (Phi) is 3.13. The van der Waals surface area contributed by atoms with Crippen molar-refractivity contribution in [3.05, 3.63) is 65.1 Å². The molecule has 0 spiro atoms. The monoisotopic (exact) mass is 284 g/mol. The van der Waals surface area contributed by atoms with Gasteiger partial charge in [0.1, 0.15) is 17.6 Å². The number of fused-ring (bicyclic) bond motifs is 1. The Balaban J connectivity index is 2.24. The number of Topliss-reactive ketones (excluding diaryl/α,β-unsaturated/α-hetero) is 1. The van der Waals surface area contributed by atoms with Crippen molar-refractivity contribution in [3.8, 4) is 0 Å². The number of nitrogens with zero attached hydrogens (tertiary/aromatic N) is 2. The zero-order valence-electron chi connectivity index (χ0n) is 11.7. The van der Waals surface area contributed by atoms with Gasteiger partial charge in [0.15, 0.2) is 5.78 Å². The quantitative estimate of drug-likeness (QED) is 0.672. The molecule has 2 unspecified atom stereocenters. The van der Waals surface area contributed by atoms with Gasteiger partial charge in [-0.05, 0) is 18.2 Å². The van der Waals surface area contributed by atoms with Gasteiger partial charge in [-0.2, -0.15) is 0 Å². The van der Waals surface area contributed by atoms with E-state index in [2.05, 4.69) is 4.98 Å². The van der Waals surface area contributed by atoms with Crippen LogP contribution >= 0.6 is 0 Å². The molecule has 0 radical (unpaired) electrons. The van der Waals surface area contributed by atoms with Crippen LogP contribution in [0.5, 0.6) is 0 Å². The number of carbonyl (C=O) groups excluding carboxylic acids is 1. The van der Waals surface area contributed by atoms with E-state index < -0.39 is 16.7 Å². The summed E-state index contributed by atoms with van der Waals surface area (Å²) in [5, 5.41) is 22.8. The molecule has 0 saturated carbocycles. The Morgan fingerprint density at radius 2 is 2.00 bits per heavy atom. The molecule has 2 aromatic rings. The molecule has 5 heteroatoms. The number of carbonyl (C=O) groups is 1. The van der Waals surface area contributed by atoms with Crippen molar-refractivity contribution >= 4 is 11.5 Å². The zero-order chi connectivity index (χ0) is 15.1. The molecule has 2 heterocycles. The van der Waals surface area contributed by atoms with Crippen molar-refractivity contribution in [1.29, 1.82) is 0 Å². The Hall–Kier alpha value is -2.08. The molecular formula is C16H16N2O3. The summed E-state index contributed by atoms with van der Waals surface area (Å²) in [5.41, 5.74) is -0.0535. The fourth-order valence-corrected chi connectivity index (χ4v) is 3.05. The summed E-state index contributed by atoms with van der Waals surface area (Å²) in [6.07, 6.45) is 1.57. The van der Waals surface area contributed by atoms with E-state index in [9.17, 15) is 15.1 Å². The number of likely N-dealkylation sites (N-methyl/N-ethyl adjacent to an activating group) is 1. The van der Waals surface area contributed by atoms with E-state index in [1.165, 1.54) is 7.05 Å². The van der Waals surface area contributed by atoms with Gasteiger partial charge in [0.2, 0.25) is 0 Å². The third kappa shape index (κ3) is 1.98. The number of quaternary nitrogens is 1. The first-order chi connectivity index (χ1) is 10.0. The molecule has 2 atom stereocenters. The first kappa shape index (κ1) is 13.9. The van der Waals surface area contributed by atoms with Gasteiger partial charge in [-0.25, -0.2) is 0 Å². The predicted molar refractivity (Wildman–Crippen MR) is 79.7 cm³/mol. The Bertz CT molecular complexity index is 685. The molecule has 0 aliphatic carbocycles. The van der Waals surface area contributed by atoms with Crippen LogP contribution in [0.1, 0.15) is 16.1 Å². The summed E-state index contributed by atoms with van der Waals surface area (Å²) in [6, 6.07) is 11.9. The molecule has 1 aliphatic heterocycles. The summed E-state index contributed by atoms with van der Waals surface area (Å²) in [5.74, 6) is -0.245. The molecule has 0 amide bonds. The number of hydrogen-bond acceptors (Lipinski definition) is 4. The van der Waals surface area contributed by atoms with E-state index >= 15 is 0 Å². The van der Waals surface area contributed by atoms with E-state index in [-0.39, 0.29) is 12.3 Å². The maximum absolute atomic E-state index is 12.9. The average Bonchev–Trinajstić information content (AvgIpc) is 2.52. The Morgan fingerprint density at radius 3 is 2.67 bits per heavy atom. The molecule has 1 aromatic carbocycles. The van der Waals surface area contributed by atoms with Crippen LogP contribution in [-0.4, -0.2) is 36.1 Å². The number of pyridine rings is 1. The highest BCUT2D eigenvalue weighted by Gasteiger charge is 2.51. The van der Waals surface area contributed by atoms with Crippen molar-refractivity contribution in [1.82, 2.24) is 9.63 Å². The normalized spacial score (nSPS) is 28.2. The molecule has 3 rings (SSSR count). The van der Waals surface area contributed by atoms with Gasteiger partial charge in [0.05, 0.1) is 24.9 Å². The first-order valence-electron chi connectivity index (χ1n) is 6.74. The van der Waals surface area contributed by atoms with Crippen LogP contribution in [0.15, 0.2) is 48.7 Å². The third-order valence-corrected chi connectivity index (χ3v) is 4.09. The summed E-state index contributed by atoms with van der Waals surface area (Å²) in [4.78, 5) is 17.1. The smallest absolute Gasteiger partial charge is 0.189 e. The van der Waals surface area contributed by atoms with Gasteiger partial charge < -0.3 is 15.0 Å². The average molecular weight is 284 g/mol. The van der Waals surface area contributed by atoms with Gasteiger partial charge in [-0.1, -0.05) is 18.2 Å². The molecule has 5 nitrogen and oxygen atoms in total. The molecule has 0 fully saturated rings. The number of aromatic nitrogens is 1. The van der Waals surface area contributed by atoms with Gasteiger partial charge >= 0.3 is 0 Å². The van der Waals surface area contributed by atoms with E-state index in [1.54, 1.807) is 48.7 Å². The highest BCUT2D eigenvalue weighted by molar-refractivity contribution is 6.09. The minimum absolute atomic E-state index is 0.0592. The summed E-state index contributed by atoms with van der Waals surface area (Å²) in [6.45, 7) is -0.496.